The van der Waals surface area contributed by atoms with Crippen LogP contribution in [0.5, 0.6) is 0 Å². The smallest absolute Gasteiger partial charge is 0.328 e. The number of carbonyl (C=O) groups is 2. The lowest BCUT2D eigenvalue weighted by Crippen LogP contribution is -2.34. The number of alkyl halides is 2. The van der Waals surface area contributed by atoms with Crippen LogP contribution in [0.4, 0.5) is 0 Å². The first kappa shape index (κ1) is 19.8. The normalized spacial score (nSPS) is 10.8. The van der Waals surface area contributed by atoms with Gasteiger partial charge in [0, 0.05) is 19.7 Å². The van der Waals surface area contributed by atoms with Crippen LogP contribution in [0.3, 0.4) is 0 Å². The summed E-state index contributed by atoms with van der Waals surface area (Å²) in [6, 6.07) is 0. The molecule has 23 heavy (non-hydrogen) atoms. The van der Waals surface area contributed by atoms with Gasteiger partial charge in [-0.05, 0) is 19.3 Å². The van der Waals surface area contributed by atoms with E-state index >= 15 is 0 Å². The van der Waals surface area contributed by atoms with Crippen molar-refractivity contribution in [3.8, 4) is 0 Å². The minimum atomic E-state index is -0.693. The molecular weight excluding hydrogens is 436 g/mol. The molecular formula is C14H18Br2N2O5. The van der Waals surface area contributed by atoms with Gasteiger partial charge in [-0.1, -0.05) is 38.3 Å². The minimum Gasteiger partial charge on any atom is -0.466 e. The molecule has 0 radical (unpaired) electrons. The van der Waals surface area contributed by atoms with E-state index in [4.69, 9.17) is 4.74 Å². The van der Waals surface area contributed by atoms with Crippen molar-refractivity contribution in [3.05, 3.63) is 32.6 Å². The molecule has 0 spiro atoms. The van der Waals surface area contributed by atoms with Gasteiger partial charge in [0.2, 0.25) is 0 Å². The topological polar surface area (TPSA) is 98.2 Å². The molecule has 1 N–H and O–H groups in total. The summed E-state index contributed by atoms with van der Waals surface area (Å²) >= 11 is 6.09. The number of hydrogen-bond acceptors (Lipinski definition) is 5. The van der Waals surface area contributed by atoms with Crippen molar-refractivity contribution in [1.82, 2.24) is 9.55 Å². The van der Waals surface area contributed by atoms with Gasteiger partial charge in [0.25, 0.3) is 5.56 Å². The molecule has 1 heterocycles. The van der Waals surface area contributed by atoms with Crippen LogP contribution in [0.1, 0.15) is 43.0 Å². The van der Waals surface area contributed by atoms with E-state index in [-0.39, 0.29) is 11.5 Å². The summed E-state index contributed by atoms with van der Waals surface area (Å²) in [5.74, 6) is -0.736. The summed E-state index contributed by atoms with van der Waals surface area (Å²) in [7, 11) is 0. The fourth-order valence-corrected chi connectivity index (χ4v) is 2.42. The molecule has 0 saturated heterocycles. The molecule has 0 saturated carbocycles. The van der Waals surface area contributed by atoms with E-state index in [0.29, 0.717) is 19.6 Å². The second-order valence-electron chi connectivity index (χ2n) is 4.91. The minimum absolute atomic E-state index is 0.0711. The zero-order valence-electron chi connectivity index (χ0n) is 12.6. The average Bonchev–Trinajstić information content (AvgIpc) is 2.47. The van der Waals surface area contributed by atoms with E-state index in [2.05, 4.69) is 36.8 Å². The predicted molar refractivity (Wildman–Crippen MR) is 92.4 cm³/mol. The van der Waals surface area contributed by atoms with Crippen LogP contribution < -0.4 is 11.2 Å². The lowest BCUT2D eigenvalue weighted by molar-refractivity contribution is -0.141. The zero-order valence-corrected chi connectivity index (χ0v) is 15.8. The largest absolute Gasteiger partial charge is 0.466 e. The molecule has 0 unspecified atom stereocenters. The molecule has 9 heteroatoms. The third-order valence-corrected chi connectivity index (χ3v) is 3.90. The standard InChI is InChI=1S/C14H18Br2N2O5/c1-9(19)23-7-5-3-2-4-6-18-8-10(11(20)12(15)16)13(21)17-14(18)22/h8,12H,2-7H2,1H3,(H,17,21,22). The molecule has 1 aromatic heterocycles. The molecule has 1 aromatic rings. The highest BCUT2D eigenvalue weighted by Crippen LogP contribution is 2.13. The van der Waals surface area contributed by atoms with Crippen LogP contribution in [0, 0.1) is 0 Å². The first-order valence-corrected chi connectivity index (χ1v) is 8.95. The Kier molecular flexibility index (Phi) is 8.46. The molecule has 128 valence electrons. The Morgan fingerprint density at radius 1 is 1.22 bits per heavy atom. The molecule has 0 fully saturated rings. The van der Waals surface area contributed by atoms with E-state index in [1.807, 2.05) is 0 Å². The van der Waals surface area contributed by atoms with Gasteiger partial charge < -0.3 is 4.74 Å². The third kappa shape index (κ3) is 6.82. The molecule has 0 aromatic carbocycles. The quantitative estimate of drug-likeness (QED) is 0.266. The van der Waals surface area contributed by atoms with Crippen molar-refractivity contribution in [2.45, 2.75) is 42.9 Å². The molecule has 7 nitrogen and oxygen atoms in total. The Labute approximate surface area is 149 Å². The summed E-state index contributed by atoms with van der Waals surface area (Å²) in [5, 5.41) is 0. The highest BCUT2D eigenvalue weighted by atomic mass is 79.9. The number of nitrogens with zero attached hydrogens (tertiary/aromatic N) is 1. The number of carbonyl (C=O) groups excluding carboxylic acids is 2. The van der Waals surface area contributed by atoms with Crippen LogP contribution in [-0.4, -0.2) is 31.6 Å². The summed E-state index contributed by atoms with van der Waals surface area (Å²) in [5.41, 5.74) is -1.30. The van der Waals surface area contributed by atoms with Gasteiger partial charge in [0.15, 0.2) is 5.78 Å². The highest BCUT2D eigenvalue weighted by Gasteiger charge is 2.18. The number of ketones is 1. The van der Waals surface area contributed by atoms with Crippen molar-refractivity contribution in [2.75, 3.05) is 6.61 Å². The number of aromatic nitrogens is 2. The number of aryl methyl sites for hydroxylation is 1. The number of nitrogens with one attached hydrogen (secondary N) is 1. The predicted octanol–water partition coefficient (Wildman–Crippen LogP) is 1.96. The third-order valence-electron chi connectivity index (χ3n) is 3.07. The van der Waals surface area contributed by atoms with Gasteiger partial charge in [-0.15, -0.1) is 0 Å². The number of unbranched alkanes of at least 4 members (excludes halogenated alkanes) is 3. The maximum absolute atomic E-state index is 11.9. The first-order chi connectivity index (χ1) is 10.8. The van der Waals surface area contributed by atoms with Gasteiger partial charge >= 0.3 is 11.7 Å². The Hall–Kier alpha value is -1.22. The molecule has 0 amide bonds. The molecule has 0 aliphatic carbocycles. The van der Waals surface area contributed by atoms with E-state index < -0.39 is 20.8 Å². The van der Waals surface area contributed by atoms with Crippen LogP contribution in [0.2, 0.25) is 0 Å². The van der Waals surface area contributed by atoms with Crippen molar-refractivity contribution >= 4 is 43.6 Å². The Morgan fingerprint density at radius 3 is 2.48 bits per heavy atom. The number of aromatic amines is 1. The average molecular weight is 454 g/mol. The number of rotatable bonds is 9. The van der Waals surface area contributed by atoms with Gasteiger partial charge in [-0.25, -0.2) is 4.79 Å². The van der Waals surface area contributed by atoms with E-state index in [1.54, 1.807) is 0 Å². The van der Waals surface area contributed by atoms with Crippen LogP contribution in [-0.2, 0) is 16.1 Å². The summed E-state index contributed by atoms with van der Waals surface area (Å²) in [4.78, 5) is 48.0. The maximum Gasteiger partial charge on any atom is 0.328 e. The fraction of sp³-hybridized carbons (Fsp3) is 0.571. The zero-order chi connectivity index (χ0) is 17.4. The maximum atomic E-state index is 11.9. The van der Waals surface area contributed by atoms with Crippen molar-refractivity contribution in [1.29, 1.82) is 0 Å². The van der Waals surface area contributed by atoms with Crippen molar-refractivity contribution < 1.29 is 14.3 Å². The Bertz CT molecular complexity index is 666. The van der Waals surface area contributed by atoms with Crippen LogP contribution in [0.25, 0.3) is 0 Å². The van der Waals surface area contributed by atoms with Gasteiger partial charge in [-0.2, -0.15) is 0 Å². The summed E-state index contributed by atoms with van der Waals surface area (Å²) in [6.07, 6.45) is 4.47. The molecule has 0 atom stereocenters. The number of esters is 1. The summed E-state index contributed by atoms with van der Waals surface area (Å²) < 4.78 is 5.47. The number of Topliss-reactive ketones (excluding diaryl/α,β-unsaturated/α-hetero) is 1. The summed E-state index contributed by atoms with van der Waals surface area (Å²) in [6.45, 7) is 2.16. The second kappa shape index (κ2) is 9.82. The fourth-order valence-electron chi connectivity index (χ4n) is 1.92. The monoisotopic (exact) mass is 452 g/mol. The van der Waals surface area contributed by atoms with E-state index in [1.165, 1.54) is 17.7 Å². The van der Waals surface area contributed by atoms with E-state index in [9.17, 15) is 19.2 Å². The van der Waals surface area contributed by atoms with Crippen molar-refractivity contribution in [2.24, 2.45) is 0 Å². The van der Waals surface area contributed by atoms with Crippen LogP contribution >= 0.6 is 31.9 Å². The van der Waals surface area contributed by atoms with E-state index in [0.717, 1.165) is 19.3 Å². The SMILES string of the molecule is CC(=O)OCCCCCCn1cc(C(=O)C(Br)Br)c(=O)[nH]c1=O. The molecule has 0 aliphatic rings. The van der Waals surface area contributed by atoms with Gasteiger partial charge in [-0.3, -0.25) is 23.9 Å². The number of ether oxygens (including phenoxy) is 1. The number of H-pyrrole nitrogens is 1. The Morgan fingerprint density at radius 2 is 1.87 bits per heavy atom. The first-order valence-electron chi connectivity index (χ1n) is 7.12. The number of hydrogen-bond donors (Lipinski definition) is 1. The number of halogens is 2. The second-order valence-corrected chi connectivity index (χ2v) is 7.97. The highest BCUT2D eigenvalue weighted by molar-refractivity contribution is 9.25. The van der Waals surface area contributed by atoms with Gasteiger partial charge in [0.1, 0.15) is 9.30 Å². The molecule has 0 aliphatic heterocycles. The van der Waals surface area contributed by atoms with Crippen LogP contribution in [0.15, 0.2) is 15.8 Å². The lowest BCUT2D eigenvalue weighted by Gasteiger charge is -2.08. The lowest BCUT2D eigenvalue weighted by atomic mass is 10.2. The molecule has 1 rings (SSSR count). The van der Waals surface area contributed by atoms with Gasteiger partial charge in [0.05, 0.1) is 6.61 Å². The molecule has 0 bridgehead atoms. The van der Waals surface area contributed by atoms with Crippen molar-refractivity contribution in [3.63, 3.8) is 0 Å². The Balaban J connectivity index is 2.55.